The molecule has 1 aromatic carbocycles. The van der Waals surface area contributed by atoms with Gasteiger partial charge in [0.2, 0.25) is 5.91 Å². The van der Waals surface area contributed by atoms with Crippen molar-refractivity contribution in [1.82, 2.24) is 9.80 Å². The minimum absolute atomic E-state index is 0.0235. The van der Waals surface area contributed by atoms with E-state index in [1.165, 1.54) is 6.92 Å². The van der Waals surface area contributed by atoms with Gasteiger partial charge in [0.05, 0.1) is 0 Å². The molecule has 1 amide bonds. The second kappa shape index (κ2) is 6.96. The number of nitrogens with zero attached hydrogens (tertiary/aromatic N) is 2. The monoisotopic (exact) mass is 312 g/mol. The lowest BCUT2D eigenvalue weighted by Gasteiger charge is -2.29. The van der Waals surface area contributed by atoms with Crippen LogP contribution in [0.1, 0.15) is 18.9 Å². The quantitative estimate of drug-likeness (QED) is 0.630. The van der Waals surface area contributed by atoms with E-state index < -0.39 is 17.5 Å². The number of halogens is 3. The predicted molar refractivity (Wildman–Crippen MR) is 77.6 cm³/mol. The SMILES string of the molecule is CC(=O)N(C)CC1=CCCN(Cc2cc(F)c(F)cc2F)C1. The van der Waals surface area contributed by atoms with Gasteiger partial charge in [0.1, 0.15) is 5.82 Å². The second-order valence-corrected chi connectivity index (χ2v) is 5.59. The third kappa shape index (κ3) is 4.10. The van der Waals surface area contributed by atoms with E-state index in [1.807, 2.05) is 4.90 Å². The fourth-order valence-electron chi connectivity index (χ4n) is 2.47. The van der Waals surface area contributed by atoms with Gasteiger partial charge in [0, 0.05) is 51.8 Å². The van der Waals surface area contributed by atoms with Gasteiger partial charge in [-0.2, -0.15) is 0 Å². The van der Waals surface area contributed by atoms with Gasteiger partial charge >= 0.3 is 0 Å². The molecule has 6 heteroatoms. The average Bonchev–Trinajstić information content (AvgIpc) is 2.45. The third-order valence-corrected chi connectivity index (χ3v) is 3.77. The van der Waals surface area contributed by atoms with E-state index in [4.69, 9.17) is 0 Å². The molecule has 0 atom stereocenters. The van der Waals surface area contributed by atoms with Crippen molar-refractivity contribution >= 4 is 5.91 Å². The van der Waals surface area contributed by atoms with Gasteiger partial charge in [-0.25, -0.2) is 13.2 Å². The van der Waals surface area contributed by atoms with Crippen LogP contribution in [0.3, 0.4) is 0 Å². The predicted octanol–water partition coefficient (Wildman–Crippen LogP) is 2.71. The van der Waals surface area contributed by atoms with E-state index in [-0.39, 0.29) is 18.0 Å². The number of rotatable bonds is 4. The van der Waals surface area contributed by atoms with Gasteiger partial charge in [0.25, 0.3) is 0 Å². The number of likely N-dealkylation sites (N-methyl/N-ethyl adjacent to an activating group) is 1. The Bertz CT molecular complexity index is 601. The summed E-state index contributed by atoms with van der Waals surface area (Å²) in [4.78, 5) is 14.8. The first-order valence-electron chi connectivity index (χ1n) is 7.12. The summed E-state index contributed by atoms with van der Waals surface area (Å²) in [7, 11) is 1.72. The van der Waals surface area contributed by atoms with Crippen LogP contribution in [-0.2, 0) is 11.3 Å². The normalized spacial score (nSPS) is 15.6. The van der Waals surface area contributed by atoms with Gasteiger partial charge < -0.3 is 4.90 Å². The fraction of sp³-hybridized carbons (Fsp3) is 0.438. The first kappa shape index (κ1) is 16.5. The summed E-state index contributed by atoms with van der Waals surface area (Å²) in [6.45, 7) is 3.52. The second-order valence-electron chi connectivity index (χ2n) is 5.59. The zero-order valence-corrected chi connectivity index (χ0v) is 12.7. The summed E-state index contributed by atoms with van der Waals surface area (Å²) in [5.74, 6) is -2.98. The zero-order valence-electron chi connectivity index (χ0n) is 12.7. The number of hydrogen-bond acceptors (Lipinski definition) is 2. The minimum Gasteiger partial charge on any atom is -0.342 e. The van der Waals surface area contributed by atoms with Crippen molar-refractivity contribution in [1.29, 1.82) is 0 Å². The van der Waals surface area contributed by atoms with Gasteiger partial charge in [-0.15, -0.1) is 0 Å². The molecule has 0 aliphatic carbocycles. The van der Waals surface area contributed by atoms with Crippen LogP contribution in [0.4, 0.5) is 13.2 Å². The molecule has 0 radical (unpaired) electrons. The highest BCUT2D eigenvalue weighted by Crippen LogP contribution is 2.18. The molecule has 0 spiro atoms. The van der Waals surface area contributed by atoms with Crippen LogP contribution < -0.4 is 0 Å². The number of carbonyl (C=O) groups excluding carboxylic acids is 1. The average molecular weight is 312 g/mol. The molecule has 1 heterocycles. The molecule has 0 aromatic heterocycles. The molecule has 1 aliphatic heterocycles. The van der Waals surface area contributed by atoms with Crippen LogP contribution in [0.5, 0.6) is 0 Å². The van der Waals surface area contributed by atoms with E-state index in [2.05, 4.69) is 6.08 Å². The highest BCUT2D eigenvalue weighted by molar-refractivity contribution is 5.73. The van der Waals surface area contributed by atoms with Gasteiger partial charge in [-0.1, -0.05) is 6.08 Å². The maximum Gasteiger partial charge on any atom is 0.219 e. The van der Waals surface area contributed by atoms with E-state index in [9.17, 15) is 18.0 Å². The lowest BCUT2D eigenvalue weighted by molar-refractivity contribution is -0.127. The Morgan fingerprint density at radius 2 is 1.91 bits per heavy atom. The molecule has 3 nitrogen and oxygen atoms in total. The maximum absolute atomic E-state index is 13.7. The largest absolute Gasteiger partial charge is 0.342 e. The standard InChI is InChI=1S/C16H19F3N2O/c1-11(22)20(2)8-12-4-3-5-21(9-12)10-13-6-15(18)16(19)7-14(13)17/h4,6-7H,3,5,8-10H2,1-2H3. The molecular formula is C16H19F3N2O. The molecule has 120 valence electrons. The Kier molecular flexibility index (Phi) is 5.24. The van der Waals surface area contributed by atoms with Gasteiger partial charge in [0.15, 0.2) is 11.6 Å². The Labute approximate surface area is 128 Å². The summed E-state index contributed by atoms with van der Waals surface area (Å²) in [5.41, 5.74) is 1.20. The number of benzene rings is 1. The fourth-order valence-corrected chi connectivity index (χ4v) is 2.47. The van der Waals surface area contributed by atoms with Crippen LogP contribution in [0, 0.1) is 17.5 Å². The zero-order chi connectivity index (χ0) is 16.3. The third-order valence-electron chi connectivity index (χ3n) is 3.77. The summed E-state index contributed by atoms with van der Waals surface area (Å²) < 4.78 is 39.9. The summed E-state index contributed by atoms with van der Waals surface area (Å²) in [6, 6.07) is 1.49. The molecular weight excluding hydrogens is 293 g/mol. The Hall–Kier alpha value is -1.82. The van der Waals surface area contributed by atoms with Gasteiger partial charge in [-0.3, -0.25) is 9.69 Å². The molecule has 0 bridgehead atoms. The van der Waals surface area contributed by atoms with Crippen molar-refractivity contribution in [3.05, 3.63) is 46.8 Å². The Morgan fingerprint density at radius 1 is 1.23 bits per heavy atom. The molecule has 0 unspecified atom stereocenters. The molecule has 1 aromatic rings. The van der Waals surface area contributed by atoms with Crippen molar-refractivity contribution in [2.24, 2.45) is 0 Å². The lowest BCUT2D eigenvalue weighted by atomic mass is 10.1. The van der Waals surface area contributed by atoms with Crippen molar-refractivity contribution in [3.8, 4) is 0 Å². The van der Waals surface area contributed by atoms with E-state index in [0.29, 0.717) is 25.7 Å². The van der Waals surface area contributed by atoms with Crippen LogP contribution >= 0.6 is 0 Å². The lowest BCUT2D eigenvalue weighted by Crippen LogP contribution is -2.35. The summed E-state index contributed by atoms with van der Waals surface area (Å²) in [6.07, 6.45) is 2.85. The molecule has 22 heavy (non-hydrogen) atoms. The van der Waals surface area contributed by atoms with Crippen LogP contribution in [0.15, 0.2) is 23.8 Å². The van der Waals surface area contributed by atoms with Gasteiger partial charge in [-0.05, 0) is 18.1 Å². The molecule has 0 fully saturated rings. The maximum atomic E-state index is 13.7. The van der Waals surface area contributed by atoms with E-state index in [1.54, 1.807) is 11.9 Å². The molecule has 0 saturated carbocycles. The van der Waals surface area contributed by atoms with Crippen LogP contribution in [0.25, 0.3) is 0 Å². The Morgan fingerprint density at radius 3 is 2.59 bits per heavy atom. The topological polar surface area (TPSA) is 23.6 Å². The van der Waals surface area contributed by atoms with Crippen molar-refractivity contribution in [2.45, 2.75) is 19.9 Å². The molecule has 1 aliphatic rings. The highest BCUT2D eigenvalue weighted by atomic mass is 19.2. The van der Waals surface area contributed by atoms with E-state index in [0.717, 1.165) is 18.1 Å². The molecule has 0 saturated heterocycles. The number of hydrogen-bond donors (Lipinski definition) is 0. The van der Waals surface area contributed by atoms with Crippen molar-refractivity contribution in [3.63, 3.8) is 0 Å². The summed E-state index contributed by atoms with van der Waals surface area (Å²) in [5, 5.41) is 0. The minimum atomic E-state index is -1.18. The van der Waals surface area contributed by atoms with E-state index >= 15 is 0 Å². The Balaban J connectivity index is 2.02. The van der Waals surface area contributed by atoms with Crippen molar-refractivity contribution in [2.75, 3.05) is 26.7 Å². The molecule has 0 N–H and O–H groups in total. The van der Waals surface area contributed by atoms with Crippen LogP contribution in [0.2, 0.25) is 0 Å². The molecule has 2 rings (SSSR count). The van der Waals surface area contributed by atoms with Crippen LogP contribution in [-0.4, -0.2) is 42.4 Å². The first-order valence-corrected chi connectivity index (χ1v) is 7.12. The smallest absolute Gasteiger partial charge is 0.219 e. The number of amides is 1. The van der Waals surface area contributed by atoms with Crippen molar-refractivity contribution < 1.29 is 18.0 Å². The number of carbonyl (C=O) groups is 1. The first-order chi connectivity index (χ1) is 10.4. The summed E-state index contributed by atoms with van der Waals surface area (Å²) >= 11 is 0. The highest BCUT2D eigenvalue weighted by Gasteiger charge is 2.18.